The summed E-state index contributed by atoms with van der Waals surface area (Å²) in [7, 11) is -1.45. The van der Waals surface area contributed by atoms with Gasteiger partial charge in [0.05, 0.1) is 24.8 Å². The van der Waals surface area contributed by atoms with Gasteiger partial charge in [0.2, 0.25) is 11.8 Å². The van der Waals surface area contributed by atoms with Crippen LogP contribution in [0, 0.1) is 6.92 Å². The van der Waals surface area contributed by atoms with E-state index in [-0.39, 0.29) is 35.6 Å². The molecule has 0 fully saturated rings. The van der Waals surface area contributed by atoms with Gasteiger partial charge in [-0.05, 0) is 67.8 Å². The lowest BCUT2D eigenvalue weighted by atomic mass is 10.0. The van der Waals surface area contributed by atoms with Crippen molar-refractivity contribution >= 4 is 39.1 Å². The van der Waals surface area contributed by atoms with Crippen LogP contribution in [0.5, 0.6) is 11.5 Å². The van der Waals surface area contributed by atoms with E-state index in [0.717, 1.165) is 21.0 Å². The molecule has 48 heavy (non-hydrogen) atoms. The molecule has 0 heterocycles. The fourth-order valence-electron chi connectivity index (χ4n) is 5.13. The van der Waals surface area contributed by atoms with Crippen molar-refractivity contribution in [1.82, 2.24) is 10.2 Å². The molecule has 0 aromatic heterocycles. The SMILES string of the molecule is CCC(C)NC(=O)C(Cc1ccccc1)N(Cc1ccc(Cl)cc1)C(=O)CN(c1ccc(C)cc1)S(=O)(=O)c1ccc(OC)c(OC)c1. The number of hydrogen-bond donors (Lipinski definition) is 1. The highest BCUT2D eigenvalue weighted by atomic mass is 35.5. The first-order valence-corrected chi connectivity index (χ1v) is 17.5. The molecule has 0 aliphatic carbocycles. The van der Waals surface area contributed by atoms with Gasteiger partial charge >= 0.3 is 0 Å². The van der Waals surface area contributed by atoms with Gasteiger partial charge in [-0.15, -0.1) is 0 Å². The lowest BCUT2D eigenvalue weighted by Gasteiger charge is -2.34. The minimum atomic E-state index is -4.33. The molecule has 0 bridgehead atoms. The quantitative estimate of drug-likeness (QED) is 0.154. The van der Waals surface area contributed by atoms with E-state index in [0.29, 0.717) is 22.9 Å². The molecule has 0 radical (unpaired) electrons. The lowest BCUT2D eigenvalue weighted by Crippen LogP contribution is -2.54. The van der Waals surface area contributed by atoms with Crippen LogP contribution in [0.3, 0.4) is 0 Å². The largest absolute Gasteiger partial charge is 0.493 e. The van der Waals surface area contributed by atoms with Gasteiger partial charge in [-0.3, -0.25) is 13.9 Å². The number of amides is 2. The summed E-state index contributed by atoms with van der Waals surface area (Å²) in [4.78, 5) is 30.0. The maximum Gasteiger partial charge on any atom is 0.264 e. The molecular weight excluding hydrogens is 650 g/mol. The van der Waals surface area contributed by atoms with Gasteiger partial charge in [-0.2, -0.15) is 0 Å². The summed E-state index contributed by atoms with van der Waals surface area (Å²) in [5.41, 5.74) is 2.79. The van der Waals surface area contributed by atoms with Crippen LogP contribution in [0.25, 0.3) is 0 Å². The van der Waals surface area contributed by atoms with Gasteiger partial charge < -0.3 is 19.7 Å². The fraction of sp³-hybridized carbons (Fsp3) is 0.297. The highest BCUT2D eigenvalue weighted by Crippen LogP contribution is 2.32. The second-order valence-electron chi connectivity index (χ2n) is 11.5. The number of anilines is 1. The number of hydrogen-bond acceptors (Lipinski definition) is 6. The lowest BCUT2D eigenvalue weighted by molar-refractivity contribution is -0.140. The van der Waals surface area contributed by atoms with Gasteiger partial charge in [0.1, 0.15) is 12.6 Å². The van der Waals surface area contributed by atoms with Crippen molar-refractivity contribution in [3.8, 4) is 11.5 Å². The molecule has 0 aliphatic rings. The Balaban J connectivity index is 1.82. The molecular formula is C37H42ClN3O6S. The summed E-state index contributed by atoms with van der Waals surface area (Å²) in [6, 6.07) is 26.5. The smallest absolute Gasteiger partial charge is 0.264 e. The van der Waals surface area contributed by atoms with E-state index in [1.165, 1.54) is 37.3 Å². The maximum absolute atomic E-state index is 14.6. The molecule has 9 nitrogen and oxygen atoms in total. The second kappa shape index (κ2) is 16.5. The van der Waals surface area contributed by atoms with Gasteiger partial charge in [0.25, 0.3) is 10.0 Å². The number of sulfonamides is 1. The zero-order valence-corrected chi connectivity index (χ0v) is 29.4. The fourth-order valence-corrected chi connectivity index (χ4v) is 6.68. The predicted molar refractivity (Wildman–Crippen MR) is 189 cm³/mol. The number of carbonyl (C=O) groups is 2. The van der Waals surface area contributed by atoms with E-state index < -0.39 is 28.5 Å². The first-order chi connectivity index (χ1) is 23.0. The normalized spacial score (nSPS) is 12.5. The molecule has 2 amide bonds. The zero-order valence-electron chi connectivity index (χ0n) is 27.9. The van der Waals surface area contributed by atoms with E-state index in [2.05, 4.69) is 5.32 Å². The molecule has 4 rings (SSSR count). The monoisotopic (exact) mass is 691 g/mol. The molecule has 4 aromatic carbocycles. The third-order valence-electron chi connectivity index (χ3n) is 8.08. The molecule has 11 heteroatoms. The van der Waals surface area contributed by atoms with Crippen LogP contribution in [0.4, 0.5) is 5.69 Å². The Hall–Kier alpha value is -4.54. The number of nitrogens with zero attached hydrogens (tertiary/aromatic N) is 2. The van der Waals surface area contributed by atoms with Crippen LogP contribution < -0.4 is 19.1 Å². The van der Waals surface area contributed by atoms with E-state index >= 15 is 0 Å². The van der Waals surface area contributed by atoms with Crippen LogP contribution >= 0.6 is 11.6 Å². The van der Waals surface area contributed by atoms with Crippen LogP contribution in [0.1, 0.15) is 37.0 Å². The van der Waals surface area contributed by atoms with E-state index in [1.54, 1.807) is 48.5 Å². The number of carbonyl (C=O) groups excluding carboxylic acids is 2. The van der Waals surface area contributed by atoms with Gasteiger partial charge in [0, 0.05) is 30.1 Å². The Kier molecular flexibility index (Phi) is 12.5. The Bertz CT molecular complexity index is 1780. The van der Waals surface area contributed by atoms with Crippen LogP contribution in [0.2, 0.25) is 5.02 Å². The van der Waals surface area contributed by atoms with Crippen molar-refractivity contribution in [3.05, 3.63) is 119 Å². The summed E-state index contributed by atoms with van der Waals surface area (Å²) in [5, 5.41) is 3.57. The molecule has 2 unspecified atom stereocenters. The van der Waals surface area contributed by atoms with Crippen molar-refractivity contribution in [3.63, 3.8) is 0 Å². The number of ether oxygens (including phenoxy) is 2. The number of halogens is 1. The summed E-state index contributed by atoms with van der Waals surface area (Å²) < 4.78 is 40.5. The number of aryl methyl sites for hydroxylation is 1. The average Bonchev–Trinajstić information content (AvgIpc) is 3.09. The first kappa shape index (κ1) is 36.3. The highest BCUT2D eigenvalue weighted by molar-refractivity contribution is 7.92. The Morgan fingerprint density at radius 1 is 0.854 bits per heavy atom. The minimum absolute atomic E-state index is 0.0412. The molecule has 4 aromatic rings. The second-order valence-corrected chi connectivity index (χ2v) is 13.8. The number of benzene rings is 4. The summed E-state index contributed by atoms with van der Waals surface area (Å²) >= 11 is 6.17. The van der Waals surface area contributed by atoms with Gasteiger partial charge in [-0.25, -0.2) is 8.42 Å². The van der Waals surface area contributed by atoms with Crippen molar-refractivity contribution in [2.75, 3.05) is 25.1 Å². The molecule has 2 atom stereocenters. The standard InChI is InChI=1S/C37H42ClN3O6S/c1-6-27(3)39-37(43)33(22-28-10-8-7-9-11-28)40(24-29-14-16-30(38)17-15-29)36(42)25-41(31-18-12-26(2)13-19-31)48(44,45)32-20-21-34(46-4)35(23-32)47-5/h7-21,23,27,33H,6,22,24-25H2,1-5H3,(H,39,43). The molecule has 0 spiro atoms. The molecule has 0 saturated heterocycles. The summed E-state index contributed by atoms with van der Waals surface area (Å²) in [5.74, 6) is -0.308. The predicted octanol–water partition coefficient (Wildman–Crippen LogP) is 6.42. The topological polar surface area (TPSA) is 105 Å². The van der Waals surface area contributed by atoms with Crippen molar-refractivity contribution in [2.45, 2.75) is 57.1 Å². The Morgan fingerprint density at radius 3 is 2.10 bits per heavy atom. The van der Waals surface area contributed by atoms with Crippen molar-refractivity contribution in [1.29, 1.82) is 0 Å². The van der Waals surface area contributed by atoms with Crippen molar-refractivity contribution in [2.24, 2.45) is 0 Å². The van der Waals surface area contributed by atoms with Crippen molar-refractivity contribution < 1.29 is 27.5 Å². The minimum Gasteiger partial charge on any atom is -0.493 e. The number of rotatable bonds is 15. The summed E-state index contributed by atoms with van der Waals surface area (Å²) in [6.07, 6.45) is 0.912. The van der Waals surface area contributed by atoms with Crippen LogP contribution in [-0.4, -0.2) is 58.0 Å². The maximum atomic E-state index is 14.6. The highest BCUT2D eigenvalue weighted by Gasteiger charge is 2.35. The molecule has 0 aliphatic heterocycles. The first-order valence-electron chi connectivity index (χ1n) is 15.7. The van der Waals surface area contributed by atoms with E-state index in [9.17, 15) is 18.0 Å². The molecule has 254 valence electrons. The molecule has 1 N–H and O–H groups in total. The van der Waals surface area contributed by atoms with E-state index in [4.69, 9.17) is 21.1 Å². The van der Waals surface area contributed by atoms with Crippen LogP contribution in [0.15, 0.2) is 102 Å². The third kappa shape index (κ3) is 9.08. The third-order valence-corrected chi connectivity index (χ3v) is 10.1. The Morgan fingerprint density at radius 2 is 1.50 bits per heavy atom. The molecule has 0 saturated carbocycles. The zero-order chi connectivity index (χ0) is 34.8. The summed E-state index contributed by atoms with van der Waals surface area (Å²) in [6.45, 7) is 5.22. The van der Waals surface area contributed by atoms with E-state index in [1.807, 2.05) is 51.1 Å². The van der Waals surface area contributed by atoms with Gasteiger partial charge in [-0.1, -0.05) is 78.7 Å². The Labute approximate surface area is 288 Å². The van der Waals surface area contributed by atoms with Crippen LogP contribution in [-0.2, 0) is 32.6 Å². The number of methoxy groups -OCH3 is 2. The number of nitrogens with one attached hydrogen (secondary N) is 1. The van der Waals surface area contributed by atoms with Gasteiger partial charge in [0.15, 0.2) is 11.5 Å². The average molecular weight is 692 g/mol.